The van der Waals surface area contributed by atoms with Crippen molar-refractivity contribution < 1.29 is 17.9 Å². The molecule has 144 valence electrons. The van der Waals surface area contributed by atoms with Gasteiger partial charge >= 0.3 is 0 Å². The van der Waals surface area contributed by atoms with Gasteiger partial charge in [0, 0.05) is 13.1 Å². The topological polar surface area (TPSA) is 63.7 Å². The second kappa shape index (κ2) is 8.13. The average Bonchev–Trinajstić information content (AvgIpc) is 2.58. The molecule has 0 unspecified atom stereocenters. The molecule has 6 heteroatoms. The summed E-state index contributed by atoms with van der Waals surface area (Å²) >= 11 is 0. The molecule has 3 rings (SSSR count). The van der Waals surface area contributed by atoms with Gasteiger partial charge in [0.2, 0.25) is 0 Å². The predicted molar refractivity (Wildman–Crippen MR) is 106 cm³/mol. The molecule has 0 N–H and O–H groups in total. The summed E-state index contributed by atoms with van der Waals surface area (Å²) in [6.45, 7) is 4.22. The molecular formula is C21H25NO4S. The number of likely N-dealkylation sites (tertiary alicyclic amines) is 1. The molecule has 1 heterocycles. The van der Waals surface area contributed by atoms with Crippen molar-refractivity contribution in [1.82, 2.24) is 4.90 Å². The number of carbonyl (C=O) groups is 1. The van der Waals surface area contributed by atoms with Gasteiger partial charge in [0.05, 0.1) is 11.0 Å². The van der Waals surface area contributed by atoms with Crippen LogP contribution in [0.15, 0.2) is 54.6 Å². The van der Waals surface area contributed by atoms with Crippen LogP contribution in [-0.2, 0) is 14.6 Å². The Bertz CT molecular complexity index is 870. The van der Waals surface area contributed by atoms with Crippen molar-refractivity contribution in [2.45, 2.75) is 19.1 Å². The summed E-state index contributed by atoms with van der Waals surface area (Å²) < 4.78 is 29.9. The normalized spacial score (nSPS) is 14.9. The third-order valence-electron chi connectivity index (χ3n) is 4.60. The SMILES string of the molecule is CC(C)CS(=O)(=O)C1CN(C(=O)COc2ccc(-c3ccccc3)cc2)C1. The molecule has 0 bridgehead atoms. The number of hydrogen-bond donors (Lipinski definition) is 0. The van der Waals surface area contributed by atoms with Crippen LogP contribution in [0.25, 0.3) is 11.1 Å². The van der Waals surface area contributed by atoms with Crippen molar-refractivity contribution in [3.63, 3.8) is 0 Å². The number of hydrogen-bond acceptors (Lipinski definition) is 4. The number of nitrogens with zero attached hydrogens (tertiary/aromatic N) is 1. The van der Waals surface area contributed by atoms with E-state index in [1.807, 2.05) is 68.4 Å². The lowest BCUT2D eigenvalue weighted by molar-refractivity contribution is -0.136. The summed E-state index contributed by atoms with van der Waals surface area (Å²) in [5.41, 5.74) is 2.20. The summed E-state index contributed by atoms with van der Waals surface area (Å²) in [5.74, 6) is 0.705. The van der Waals surface area contributed by atoms with Gasteiger partial charge in [-0.25, -0.2) is 8.42 Å². The van der Waals surface area contributed by atoms with Gasteiger partial charge in [-0.15, -0.1) is 0 Å². The fourth-order valence-electron chi connectivity index (χ4n) is 3.08. The molecule has 0 radical (unpaired) electrons. The summed E-state index contributed by atoms with van der Waals surface area (Å²) in [5, 5.41) is -0.436. The van der Waals surface area contributed by atoms with Gasteiger partial charge in [0.25, 0.3) is 5.91 Å². The van der Waals surface area contributed by atoms with E-state index in [9.17, 15) is 13.2 Å². The van der Waals surface area contributed by atoms with E-state index in [2.05, 4.69) is 0 Å². The molecule has 0 saturated carbocycles. The third kappa shape index (κ3) is 4.89. The monoisotopic (exact) mass is 387 g/mol. The minimum absolute atomic E-state index is 0.0817. The van der Waals surface area contributed by atoms with Crippen molar-refractivity contribution in [1.29, 1.82) is 0 Å². The van der Waals surface area contributed by atoms with E-state index >= 15 is 0 Å². The van der Waals surface area contributed by atoms with Crippen LogP contribution in [0.2, 0.25) is 0 Å². The number of carbonyl (C=O) groups excluding carboxylic acids is 1. The van der Waals surface area contributed by atoms with Crippen LogP contribution in [0.1, 0.15) is 13.8 Å². The molecule has 0 aromatic heterocycles. The molecule has 5 nitrogen and oxygen atoms in total. The van der Waals surface area contributed by atoms with Crippen molar-refractivity contribution in [3.8, 4) is 16.9 Å². The zero-order valence-corrected chi connectivity index (χ0v) is 16.5. The first-order chi connectivity index (χ1) is 12.8. The molecule has 0 spiro atoms. The van der Waals surface area contributed by atoms with E-state index in [0.29, 0.717) is 5.75 Å². The molecule has 0 aliphatic carbocycles. The van der Waals surface area contributed by atoms with Crippen LogP contribution in [-0.4, -0.2) is 49.9 Å². The summed E-state index contributed by atoms with van der Waals surface area (Å²) in [6.07, 6.45) is 0. The molecule has 27 heavy (non-hydrogen) atoms. The van der Waals surface area contributed by atoms with Crippen LogP contribution < -0.4 is 4.74 Å². The lowest BCUT2D eigenvalue weighted by Crippen LogP contribution is -2.58. The zero-order chi connectivity index (χ0) is 19.4. The van der Waals surface area contributed by atoms with E-state index in [4.69, 9.17) is 4.74 Å². The lowest BCUT2D eigenvalue weighted by atomic mass is 10.1. The Balaban J connectivity index is 1.48. The summed E-state index contributed by atoms with van der Waals surface area (Å²) in [7, 11) is -3.12. The molecule has 2 aromatic carbocycles. The van der Waals surface area contributed by atoms with E-state index in [0.717, 1.165) is 11.1 Å². The molecule has 1 amide bonds. The van der Waals surface area contributed by atoms with Gasteiger partial charge in [0.1, 0.15) is 5.75 Å². The molecule has 1 aliphatic rings. The van der Waals surface area contributed by atoms with Gasteiger partial charge in [-0.3, -0.25) is 4.79 Å². The maximum Gasteiger partial charge on any atom is 0.260 e. The first kappa shape index (κ1) is 19.4. The number of rotatable bonds is 7. The van der Waals surface area contributed by atoms with Crippen molar-refractivity contribution in [2.75, 3.05) is 25.4 Å². The number of sulfone groups is 1. The van der Waals surface area contributed by atoms with Crippen LogP contribution in [0, 0.1) is 5.92 Å². The molecule has 2 aromatic rings. The van der Waals surface area contributed by atoms with Gasteiger partial charge in [-0.1, -0.05) is 56.3 Å². The minimum atomic E-state index is -3.12. The number of benzene rings is 2. The molecule has 1 aliphatic heterocycles. The smallest absolute Gasteiger partial charge is 0.260 e. The lowest BCUT2D eigenvalue weighted by Gasteiger charge is -2.38. The van der Waals surface area contributed by atoms with Crippen LogP contribution in [0.4, 0.5) is 0 Å². The molecule has 1 saturated heterocycles. The van der Waals surface area contributed by atoms with Crippen LogP contribution in [0.3, 0.4) is 0 Å². The Labute approximate surface area is 160 Å². The summed E-state index contributed by atoms with van der Waals surface area (Å²) in [6, 6.07) is 17.6. The maximum atomic E-state index is 12.2. The van der Waals surface area contributed by atoms with Gasteiger partial charge in [0.15, 0.2) is 16.4 Å². The van der Waals surface area contributed by atoms with Gasteiger partial charge in [-0.2, -0.15) is 0 Å². The summed E-state index contributed by atoms with van der Waals surface area (Å²) in [4.78, 5) is 13.7. The largest absolute Gasteiger partial charge is 0.484 e. The highest BCUT2D eigenvalue weighted by atomic mass is 32.2. The number of amides is 1. The van der Waals surface area contributed by atoms with Crippen LogP contribution in [0.5, 0.6) is 5.75 Å². The number of ether oxygens (including phenoxy) is 1. The average molecular weight is 388 g/mol. The van der Waals surface area contributed by atoms with Crippen LogP contribution >= 0.6 is 0 Å². The highest BCUT2D eigenvalue weighted by Gasteiger charge is 2.39. The fourth-order valence-corrected chi connectivity index (χ4v) is 5.10. The molecule has 0 atom stereocenters. The second-order valence-electron chi connectivity index (χ2n) is 7.32. The first-order valence-electron chi connectivity index (χ1n) is 9.13. The Morgan fingerprint density at radius 3 is 2.22 bits per heavy atom. The quantitative estimate of drug-likeness (QED) is 0.733. The Hall–Kier alpha value is -2.34. The first-order valence-corrected chi connectivity index (χ1v) is 10.8. The highest BCUT2D eigenvalue weighted by molar-refractivity contribution is 7.92. The zero-order valence-electron chi connectivity index (χ0n) is 15.7. The second-order valence-corrected chi connectivity index (χ2v) is 9.65. The molecular weight excluding hydrogens is 362 g/mol. The predicted octanol–water partition coefficient (Wildman–Crippen LogP) is 3.01. The fraction of sp³-hybridized carbons (Fsp3) is 0.381. The molecule has 1 fully saturated rings. The van der Waals surface area contributed by atoms with E-state index in [1.54, 1.807) is 4.90 Å². The van der Waals surface area contributed by atoms with E-state index < -0.39 is 15.1 Å². The van der Waals surface area contributed by atoms with Crippen molar-refractivity contribution in [2.24, 2.45) is 5.92 Å². The standard InChI is InChI=1S/C21H25NO4S/c1-16(2)15-27(24,25)20-12-22(13-20)21(23)14-26-19-10-8-18(9-11-19)17-6-4-3-5-7-17/h3-11,16,20H,12-15H2,1-2H3. The van der Waals surface area contributed by atoms with Gasteiger partial charge < -0.3 is 9.64 Å². The Kier molecular flexibility index (Phi) is 5.85. The van der Waals surface area contributed by atoms with E-state index in [-0.39, 0.29) is 37.3 Å². The van der Waals surface area contributed by atoms with Crippen molar-refractivity contribution in [3.05, 3.63) is 54.6 Å². The van der Waals surface area contributed by atoms with Crippen molar-refractivity contribution >= 4 is 15.7 Å². The third-order valence-corrected chi connectivity index (χ3v) is 7.04. The maximum absolute atomic E-state index is 12.2. The highest BCUT2D eigenvalue weighted by Crippen LogP contribution is 2.23. The minimum Gasteiger partial charge on any atom is -0.484 e. The van der Waals surface area contributed by atoms with Gasteiger partial charge in [-0.05, 0) is 29.2 Å². The Morgan fingerprint density at radius 2 is 1.63 bits per heavy atom. The van der Waals surface area contributed by atoms with E-state index in [1.165, 1.54) is 0 Å². The Morgan fingerprint density at radius 1 is 1.04 bits per heavy atom.